The lowest BCUT2D eigenvalue weighted by Crippen LogP contribution is -2.29. The molecule has 2 aromatic carbocycles. The van der Waals surface area contributed by atoms with Gasteiger partial charge in [0.25, 0.3) is 0 Å². The first-order chi connectivity index (χ1) is 9.45. The van der Waals surface area contributed by atoms with Crippen LogP contribution in [0, 0.1) is 11.6 Å². The fourth-order valence-corrected chi connectivity index (χ4v) is 2.80. The Balaban J connectivity index is 2.58. The normalized spacial score (nSPS) is 12.5. The van der Waals surface area contributed by atoms with Crippen LogP contribution in [0.4, 0.5) is 8.78 Å². The molecule has 0 spiro atoms. The zero-order valence-corrected chi connectivity index (χ0v) is 13.0. The lowest BCUT2D eigenvalue weighted by Gasteiger charge is -2.20. The maximum atomic E-state index is 13.6. The van der Waals surface area contributed by atoms with Gasteiger partial charge in [-0.05, 0) is 51.3 Å². The lowest BCUT2D eigenvalue weighted by molar-refractivity contribution is 0.498. The van der Waals surface area contributed by atoms with E-state index in [-0.39, 0.29) is 4.47 Å². The summed E-state index contributed by atoms with van der Waals surface area (Å²) in [7, 11) is 0. The van der Waals surface area contributed by atoms with Crippen molar-refractivity contribution in [2.45, 2.75) is 6.04 Å². The quantitative estimate of drug-likeness (QED) is 0.463. The molecule has 2 aromatic rings. The summed E-state index contributed by atoms with van der Waals surface area (Å²) in [5.41, 5.74) is 3.50. The first kappa shape index (κ1) is 15.7. The molecule has 0 radical (unpaired) electrons. The number of hydrogen-bond acceptors (Lipinski definition) is 2. The Bertz CT molecular complexity index is 653. The van der Waals surface area contributed by atoms with E-state index in [1.165, 1.54) is 6.07 Å². The predicted octanol–water partition coefficient (Wildman–Crippen LogP) is 4.59. The second kappa shape index (κ2) is 6.37. The van der Waals surface area contributed by atoms with Gasteiger partial charge in [0.05, 0.1) is 10.5 Å². The van der Waals surface area contributed by atoms with Crippen LogP contribution in [0.3, 0.4) is 0 Å². The molecule has 0 aliphatic rings. The molecule has 7 heteroatoms. The summed E-state index contributed by atoms with van der Waals surface area (Å²) in [6.07, 6.45) is 0. The molecule has 20 heavy (non-hydrogen) atoms. The van der Waals surface area contributed by atoms with Gasteiger partial charge in [-0.1, -0.05) is 29.3 Å². The van der Waals surface area contributed by atoms with Crippen molar-refractivity contribution in [2.24, 2.45) is 5.84 Å². The third-order valence-electron chi connectivity index (χ3n) is 2.81. The summed E-state index contributed by atoms with van der Waals surface area (Å²) in [4.78, 5) is 0. The average Bonchev–Trinajstić information content (AvgIpc) is 2.43. The van der Waals surface area contributed by atoms with Gasteiger partial charge in [-0.15, -0.1) is 0 Å². The molecule has 2 nitrogen and oxygen atoms in total. The number of rotatable bonds is 3. The molecular formula is C13H9BrCl2F2N2. The van der Waals surface area contributed by atoms with Crippen molar-refractivity contribution in [2.75, 3.05) is 0 Å². The van der Waals surface area contributed by atoms with Crippen molar-refractivity contribution in [3.8, 4) is 0 Å². The summed E-state index contributed by atoms with van der Waals surface area (Å²) in [6.45, 7) is 0. The van der Waals surface area contributed by atoms with Crippen LogP contribution in [0.2, 0.25) is 10.0 Å². The van der Waals surface area contributed by atoms with E-state index in [9.17, 15) is 8.78 Å². The van der Waals surface area contributed by atoms with Gasteiger partial charge in [0.2, 0.25) is 0 Å². The number of nitrogens with two attached hydrogens (primary N) is 1. The fraction of sp³-hybridized carbons (Fsp3) is 0.0769. The summed E-state index contributed by atoms with van der Waals surface area (Å²) in [5, 5.41) is 0.873. The van der Waals surface area contributed by atoms with Crippen LogP contribution in [-0.4, -0.2) is 0 Å². The van der Waals surface area contributed by atoms with Crippen LogP contribution < -0.4 is 11.3 Å². The number of hydrogen-bond donors (Lipinski definition) is 2. The van der Waals surface area contributed by atoms with Gasteiger partial charge in [0, 0.05) is 10.0 Å². The van der Waals surface area contributed by atoms with Gasteiger partial charge in [0.1, 0.15) is 0 Å². The molecule has 0 bridgehead atoms. The first-order valence-electron chi connectivity index (χ1n) is 5.50. The summed E-state index contributed by atoms with van der Waals surface area (Å²) < 4.78 is 26.8. The van der Waals surface area contributed by atoms with E-state index in [1.54, 1.807) is 18.2 Å². The number of benzene rings is 2. The third-order valence-corrected chi connectivity index (χ3v) is 4.20. The van der Waals surface area contributed by atoms with E-state index in [1.807, 2.05) is 0 Å². The molecular weight excluding hydrogens is 373 g/mol. The number of hydrazine groups is 1. The standard InChI is InChI=1S/C13H9BrCl2F2N2/c14-11-7(2-4-10(17)12(11)18)13(20-19)8-5-6(15)1-3-9(8)16/h1-5,13,20H,19H2. The minimum Gasteiger partial charge on any atom is -0.271 e. The van der Waals surface area contributed by atoms with E-state index in [0.717, 1.165) is 6.07 Å². The smallest absolute Gasteiger partial charge is 0.173 e. The minimum absolute atomic E-state index is 0.0171. The highest BCUT2D eigenvalue weighted by atomic mass is 79.9. The summed E-state index contributed by atoms with van der Waals surface area (Å²) in [5.74, 6) is 3.59. The van der Waals surface area contributed by atoms with Crippen molar-refractivity contribution in [1.29, 1.82) is 0 Å². The van der Waals surface area contributed by atoms with Gasteiger partial charge in [0.15, 0.2) is 11.6 Å². The van der Waals surface area contributed by atoms with Crippen molar-refractivity contribution in [3.05, 3.63) is 67.6 Å². The topological polar surface area (TPSA) is 38.0 Å². The molecule has 0 heterocycles. The first-order valence-corrected chi connectivity index (χ1v) is 7.05. The van der Waals surface area contributed by atoms with Gasteiger partial charge in [-0.25, -0.2) is 14.2 Å². The predicted molar refractivity (Wildman–Crippen MR) is 79.7 cm³/mol. The largest absolute Gasteiger partial charge is 0.271 e. The molecule has 0 saturated carbocycles. The van der Waals surface area contributed by atoms with Crippen molar-refractivity contribution < 1.29 is 8.78 Å². The second-order valence-corrected chi connectivity index (χ2v) is 5.67. The van der Waals surface area contributed by atoms with E-state index < -0.39 is 17.7 Å². The highest BCUT2D eigenvalue weighted by molar-refractivity contribution is 9.10. The second-order valence-electron chi connectivity index (χ2n) is 4.03. The van der Waals surface area contributed by atoms with Gasteiger partial charge in [-0.3, -0.25) is 5.84 Å². The van der Waals surface area contributed by atoms with Crippen LogP contribution in [0.25, 0.3) is 0 Å². The van der Waals surface area contributed by atoms with E-state index in [0.29, 0.717) is 21.2 Å². The maximum Gasteiger partial charge on any atom is 0.173 e. The Kier molecular flexibility index (Phi) is 4.99. The summed E-state index contributed by atoms with van der Waals surface area (Å²) in [6, 6.07) is 6.66. The molecule has 1 atom stereocenters. The Morgan fingerprint density at radius 3 is 2.45 bits per heavy atom. The van der Waals surface area contributed by atoms with Crippen molar-refractivity contribution >= 4 is 39.1 Å². The Labute approximate surface area is 133 Å². The molecule has 0 aliphatic carbocycles. The van der Waals surface area contributed by atoms with E-state index in [2.05, 4.69) is 21.4 Å². The summed E-state index contributed by atoms with van der Waals surface area (Å²) >= 11 is 15.1. The zero-order chi connectivity index (χ0) is 14.9. The molecule has 2 rings (SSSR count). The Hall–Kier alpha value is -0.720. The molecule has 3 N–H and O–H groups in total. The third kappa shape index (κ3) is 2.97. The number of nitrogens with one attached hydrogen (secondary N) is 1. The van der Waals surface area contributed by atoms with E-state index in [4.69, 9.17) is 29.0 Å². The SMILES string of the molecule is NNC(c1cc(Cl)ccc1Cl)c1ccc(F)c(F)c1Br. The van der Waals surface area contributed by atoms with Gasteiger partial charge >= 0.3 is 0 Å². The van der Waals surface area contributed by atoms with Crippen LogP contribution in [0.5, 0.6) is 0 Å². The molecule has 106 valence electrons. The molecule has 1 unspecified atom stereocenters. The van der Waals surface area contributed by atoms with Crippen LogP contribution >= 0.6 is 39.1 Å². The average molecular weight is 382 g/mol. The Morgan fingerprint density at radius 1 is 1.10 bits per heavy atom. The molecule has 0 fully saturated rings. The van der Waals surface area contributed by atoms with Crippen LogP contribution in [0.1, 0.15) is 17.2 Å². The molecule has 0 aromatic heterocycles. The van der Waals surface area contributed by atoms with Crippen LogP contribution in [0.15, 0.2) is 34.8 Å². The zero-order valence-electron chi connectivity index (χ0n) is 9.93. The maximum absolute atomic E-state index is 13.6. The molecule has 0 amide bonds. The number of halogens is 5. The highest BCUT2D eigenvalue weighted by Crippen LogP contribution is 2.35. The monoisotopic (exact) mass is 380 g/mol. The fourth-order valence-electron chi connectivity index (χ4n) is 1.85. The van der Waals surface area contributed by atoms with Gasteiger partial charge in [-0.2, -0.15) is 0 Å². The molecule has 0 aliphatic heterocycles. The molecule has 0 saturated heterocycles. The highest BCUT2D eigenvalue weighted by Gasteiger charge is 2.21. The Morgan fingerprint density at radius 2 is 1.80 bits per heavy atom. The van der Waals surface area contributed by atoms with Crippen molar-refractivity contribution in [3.63, 3.8) is 0 Å². The lowest BCUT2D eigenvalue weighted by atomic mass is 9.99. The van der Waals surface area contributed by atoms with Gasteiger partial charge < -0.3 is 0 Å². The minimum atomic E-state index is -0.985. The van der Waals surface area contributed by atoms with E-state index >= 15 is 0 Å². The van der Waals surface area contributed by atoms with Crippen LogP contribution in [-0.2, 0) is 0 Å². The van der Waals surface area contributed by atoms with Crippen molar-refractivity contribution in [1.82, 2.24) is 5.43 Å².